The molecule has 21 heavy (non-hydrogen) atoms. The Kier molecular flexibility index (Phi) is 3.86. The van der Waals surface area contributed by atoms with Gasteiger partial charge < -0.3 is 10.6 Å². The first-order valence-electron chi connectivity index (χ1n) is 7.32. The Balaban J connectivity index is 1.71. The average Bonchev–Trinajstić information content (AvgIpc) is 2.52. The average molecular weight is 281 g/mol. The summed E-state index contributed by atoms with van der Waals surface area (Å²) in [7, 11) is 0. The third-order valence-electron chi connectivity index (χ3n) is 3.87. The summed E-state index contributed by atoms with van der Waals surface area (Å²) in [5.74, 6) is 0.171. The van der Waals surface area contributed by atoms with Gasteiger partial charge in [0.25, 0.3) is 0 Å². The Morgan fingerprint density at radius 2 is 2.24 bits per heavy atom. The van der Waals surface area contributed by atoms with Crippen LogP contribution in [0.2, 0.25) is 0 Å². The van der Waals surface area contributed by atoms with Crippen molar-refractivity contribution >= 4 is 17.3 Å². The number of aromatic nitrogens is 1. The van der Waals surface area contributed by atoms with E-state index in [0.717, 1.165) is 42.7 Å². The van der Waals surface area contributed by atoms with Gasteiger partial charge in [0.05, 0.1) is 0 Å². The number of benzene rings is 1. The minimum absolute atomic E-state index is 0.171. The lowest BCUT2D eigenvalue weighted by atomic mass is 10.00. The van der Waals surface area contributed by atoms with Gasteiger partial charge in [-0.15, -0.1) is 0 Å². The standard InChI is InChI=1S/C17H19N3O/c18-15-6-7-16-14(11-15)4-2-10-20(16)17(21)8-5-13-3-1-9-19-12-13/h1,3,6-7,9,11-12H,2,4-5,8,10,18H2. The second-order valence-electron chi connectivity index (χ2n) is 5.40. The molecule has 4 nitrogen and oxygen atoms in total. The van der Waals surface area contributed by atoms with Crippen molar-refractivity contribution in [3.05, 3.63) is 53.9 Å². The Morgan fingerprint density at radius 3 is 3.05 bits per heavy atom. The molecule has 1 aromatic heterocycles. The first kappa shape index (κ1) is 13.6. The number of hydrogen-bond acceptors (Lipinski definition) is 3. The van der Waals surface area contributed by atoms with Crippen LogP contribution in [-0.4, -0.2) is 17.4 Å². The number of aryl methyl sites for hydroxylation is 2. The van der Waals surface area contributed by atoms with Gasteiger partial charge in [0, 0.05) is 36.7 Å². The van der Waals surface area contributed by atoms with Crippen molar-refractivity contribution in [3.63, 3.8) is 0 Å². The summed E-state index contributed by atoms with van der Waals surface area (Å²) in [6.07, 6.45) is 6.79. The molecule has 2 heterocycles. The topological polar surface area (TPSA) is 59.2 Å². The molecule has 2 aromatic rings. The highest BCUT2D eigenvalue weighted by Gasteiger charge is 2.22. The molecule has 0 fully saturated rings. The van der Waals surface area contributed by atoms with Crippen molar-refractivity contribution in [3.8, 4) is 0 Å². The predicted molar refractivity (Wildman–Crippen MR) is 84.1 cm³/mol. The van der Waals surface area contributed by atoms with Crippen molar-refractivity contribution < 1.29 is 4.79 Å². The van der Waals surface area contributed by atoms with Crippen molar-refractivity contribution in [2.45, 2.75) is 25.7 Å². The molecule has 2 N–H and O–H groups in total. The lowest BCUT2D eigenvalue weighted by Crippen LogP contribution is -2.35. The van der Waals surface area contributed by atoms with Gasteiger partial charge in [0.15, 0.2) is 0 Å². The summed E-state index contributed by atoms with van der Waals surface area (Å²) in [6.45, 7) is 0.794. The zero-order valence-electron chi connectivity index (χ0n) is 12.0. The van der Waals surface area contributed by atoms with E-state index in [4.69, 9.17) is 5.73 Å². The molecule has 1 aliphatic rings. The van der Waals surface area contributed by atoms with Crippen molar-refractivity contribution in [2.24, 2.45) is 0 Å². The van der Waals surface area contributed by atoms with E-state index in [9.17, 15) is 4.79 Å². The predicted octanol–water partition coefficient (Wildman–Crippen LogP) is 2.58. The minimum Gasteiger partial charge on any atom is -0.399 e. The molecular weight excluding hydrogens is 262 g/mol. The van der Waals surface area contributed by atoms with Crippen LogP contribution in [0.1, 0.15) is 24.0 Å². The second kappa shape index (κ2) is 5.95. The number of rotatable bonds is 3. The molecule has 0 aliphatic carbocycles. The molecule has 108 valence electrons. The zero-order valence-corrected chi connectivity index (χ0v) is 12.0. The van der Waals surface area contributed by atoms with Crippen LogP contribution in [0, 0.1) is 0 Å². The fraction of sp³-hybridized carbons (Fsp3) is 0.294. The Hall–Kier alpha value is -2.36. The Labute approximate surface area is 124 Å². The molecular formula is C17H19N3O. The normalized spacial score (nSPS) is 13.8. The van der Waals surface area contributed by atoms with Gasteiger partial charge in [-0.1, -0.05) is 6.07 Å². The van der Waals surface area contributed by atoms with Crippen molar-refractivity contribution in [1.29, 1.82) is 0 Å². The van der Waals surface area contributed by atoms with Crippen LogP contribution in [0.4, 0.5) is 11.4 Å². The highest BCUT2D eigenvalue weighted by Crippen LogP contribution is 2.29. The zero-order chi connectivity index (χ0) is 14.7. The van der Waals surface area contributed by atoms with Gasteiger partial charge in [0.2, 0.25) is 5.91 Å². The molecule has 0 spiro atoms. The number of carbonyl (C=O) groups is 1. The summed E-state index contributed by atoms with van der Waals surface area (Å²) >= 11 is 0. The summed E-state index contributed by atoms with van der Waals surface area (Å²) in [5, 5.41) is 0. The molecule has 0 bridgehead atoms. The van der Waals surface area contributed by atoms with Crippen LogP contribution in [-0.2, 0) is 17.6 Å². The maximum absolute atomic E-state index is 12.5. The lowest BCUT2D eigenvalue weighted by molar-refractivity contribution is -0.118. The Morgan fingerprint density at radius 1 is 1.33 bits per heavy atom. The van der Waals surface area contributed by atoms with Gasteiger partial charge in [-0.05, 0) is 54.7 Å². The number of amides is 1. The van der Waals surface area contributed by atoms with Crippen molar-refractivity contribution in [2.75, 3.05) is 17.2 Å². The maximum Gasteiger partial charge on any atom is 0.227 e. The molecule has 0 unspecified atom stereocenters. The molecule has 1 aliphatic heterocycles. The maximum atomic E-state index is 12.5. The molecule has 0 radical (unpaired) electrons. The van der Waals surface area contributed by atoms with E-state index in [1.165, 1.54) is 5.56 Å². The van der Waals surface area contributed by atoms with E-state index >= 15 is 0 Å². The monoisotopic (exact) mass is 281 g/mol. The van der Waals surface area contributed by atoms with E-state index < -0.39 is 0 Å². The minimum atomic E-state index is 0.171. The third kappa shape index (κ3) is 3.05. The van der Waals surface area contributed by atoms with Gasteiger partial charge in [-0.25, -0.2) is 0 Å². The molecule has 1 amide bonds. The van der Waals surface area contributed by atoms with E-state index in [0.29, 0.717) is 6.42 Å². The summed E-state index contributed by atoms with van der Waals surface area (Å²) in [6, 6.07) is 9.72. The molecule has 4 heteroatoms. The van der Waals surface area contributed by atoms with E-state index in [-0.39, 0.29) is 5.91 Å². The first-order valence-corrected chi connectivity index (χ1v) is 7.32. The van der Waals surface area contributed by atoms with Gasteiger partial charge in [-0.2, -0.15) is 0 Å². The van der Waals surface area contributed by atoms with Crippen LogP contribution in [0.5, 0.6) is 0 Å². The fourth-order valence-electron chi connectivity index (χ4n) is 2.81. The molecule has 1 aromatic carbocycles. The number of nitrogens with zero attached hydrogens (tertiary/aromatic N) is 2. The SMILES string of the molecule is Nc1ccc2c(c1)CCCN2C(=O)CCc1cccnc1. The lowest BCUT2D eigenvalue weighted by Gasteiger charge is -2.29. The largest absolute Gasteiger partial charge is 0.399 e. The van der Waals surface area contributed by atoms with E-state index in [1.807, 2.05) is 41.4 Å². The number of anilines is 2. The second-order valence-corrected chi connectivity index (χ2v) is 5.40. The summed E-state index contributed by atoms with van der Waals surface area (Å²) in [4.78, 5) is 18.5. The van der Waals surface area contributed by atoms with Crippen LogP contribution < -0.4 is 10.6 Å². The molecule has 3 rings (SSSR count). The number of carbonyl (C=O) groups excluding carboxylic acids is 1. The van der Waals surface area contributed by atoms with Gasteiger partial charge in [0.1, 0.15) is 0 Å². The van der Waals surface area contributed by atoms with Gasteiger partial charge >= 0.3 is 0 Å². The summed E-state index contributed by atoms with van der Waals surface area (Å²) < 4.78 is 0. The van der Waals surface area contributed by atoms with Crippen LogP contribution in [0.15, 0.2) is 42.7 Å². The molecule has 0 saturated heterocycles. The van der Waals surface area contributed by atoms with Crippen LogP contribution in [0.25, 0.3) is 0 Å². The third-order valence-corrected chi connectivity index (χ3v) is 3.87. The smallest absolute Gasteiger partial charge is 0.227 e. The number of pyridine rings is 1. The fourth-order valence-corrected chi connectivity index (χ4v) is 2.81. The molecule has 0 atom stereocenters. The van der Waals surface area contributed by atoms with E-state index in [2.05, 4.69) is 4.98 Å². The Bertz CT molecular complexity index is 640. The van der Waals surface area contributed by atoms with Gasteiger partial charge in [-0.3, -0.25) is 9.78 Å². The number of hydrogen-bond donors (Lipinski definition) is 1. The molecule has 0 saturated carbocycles. The highest BCUT2D eigenvalue weighted by molar-refractivity contribution is 5.95. The van der Waals surface area contributed by atoms with Crippen LogP contribution >= 0.6 is 0 Å². The van der Waals surface area contributed by atoms with Crippen molar-refractivity contribution in [1.82, 2.24) is 4.98 Å². The quantitative estimate of drug-likeness (QED) is 0.880. The first-order chi connectivity index (χ1) is 10.2. The number of fused-ring (bicyclic) bond motifs is 1. The van der Waals surface area contributed by atoms with Crippen LogP contribution in [0.3, 0.4) is 0 Å². The highest BCUT2D eigenvalue weighted by atomic mass is 16.2. The summed E-state index contributed by atoms with van der Waals surface area (Å²) in [5.41, 5.74) is 9.88. The van der Waals surface area contributed by atoms with E-state index in [1.54, 1.807) is 6.20 Å². The number of nitrogen functional groups attached to an aromatic ring is 1. The number of nitrogens with two attached hydrogens (primary N) is 1.